The van der Waals surface area contributed by atoms with Crippen molar-refractivity contribution in [2.45, 2.75) is 18.8 Å². The van der Waals surface area contributed by atoms with Crippen LogP contribution in [0, 0.1) is 0 Å². The second-order valence-electron chi connectivity index (χ2n) is 3.53. The lowest BCUT2D eigenvalue weighted by Crippen LogP contribution is -2.27. The predicted molar refractivity (Wildman–Crippen MR) is 50.4 cm³/mol. The minimum Gasteiger partial charge on any atom is -0.478 e. The van der Waals surface area contributed by atoms with Gasteiger partial charge in [-0.2, -0.15) is 5.10 Å². The third kappa shape index (κ3) is 1.63. The number of piperidine rings is 1. The van der Waals surface area contributed by atoms with E-state index in [0.717, 1.165) is 31.6 Å². The molecule has 76 valence electrons. The van der Waals surface area contributed by atoms with Gasteiger partial charge in [-0.25, -0.2) is 4.79 Å². The SMILES string of the molecule is O=C(O)c1cn[nH]c1C1CCNCC1. The highest BCUT2D eigenvalue weighted by Gasteiger charge is 2.22. The smallest absolute Gasteiger partial charge is 0.339 e. The lowest BCUT2D eigenvalue weighted by molar-refractivity contribution is 0.0695. The number of H-pyrrole nitrogens is 1. The lowest BCUT2D eigenvalue weighted by Gasteiger charge is -2.21. The molecule has 1 aromatic rings. The van der Waals surface area contributed by atoms with Crippen LogP contribution >= 0.6 is 0 Å². The van der Waals surface area contributed by atoms with Gasteiger partial charge < -0.3 is 10.4 Å². The zero-order valence-electron chi connectivity index (χ0n) is 7.79. The molecule has 1 aliphatic rings. The van der Waals surface area contributed by atoms with Crippen molar-refractivity contribution < 1.29 is 9.90 Å². The first-order valence-corrected chi connectivity index (χ1v) is 4.76. The highest BCUT2D eigenvalue weighted by atomic mass is 16.4. The first kappa shape index (κ1) is 9.21. The molecule has 5 heteroatoms. The molecule has 3 N–H and O–H groups in total. The van der Waals surface area contributed by atoms with Crippen molar-refractivity contribution in [3.8, 4) is 0 Å². The van der Waals surface area contributed by atoms with Crippen LogP contribution in [0.15, 0.2) is 6.20 Å². The molecule has 0 saturated carbocycles. The van der Waals surface area contributed by atoms with Crippen molar-refractivity contribution in [1.82, 2.24) is 15.5 Å². The maximum atomic E-state index is 10.8. The van der Waals surface area contributed by atoms with Crippen molar-refractivity contribution in [3.63, 3.8) is 0 Å². The van der Waals surface area contributed by atoms with E-state index in [4.69, 9.17) is 5.11 Å². The first-order chi connectivity index (χ1) is 6.79. The number of hydrogen-bond donors (Lipinski definition) is 3. The summed E-state index contributed by atoms with van der Waals surface area (Å²) in [5.41, 5.74) is 1.09. The van der Waals surface area contributed by atoms with Gasteiger partial charge in [0.25, 0.3) is 0 Å². The number of nitrogens with zero attached hydrogens (tertiary/aromatic N) is 1. The van der Waals surface area contributed by atoms with Gasteiger partial charge in [0.2, 0.25) is 0 Å². The molecule has 1 aliphatic heterocycles. The van der Waals surface area contributed by atoms with Crippen LogP contribution in [0.1, 0.15) is 34.8 Å². The van der Waals surface area contributed by atoms with Crippen molar-refractivity contribution >= 4 is 5.97 Å². The number of aromatic amines is 1. The maximum Gasteiger partial charge on any atom is 0.339 e. The Morgan fingerprint density at radius 2 is 2.21 bits per heavy atom. The molecule has 2 rings (SSSR count). The van der Waals surface area contributed by atoms with E-state index in [2.05, 4.69) is 15.5 Å². The van der Waals surface area contributed by atoms with Crippen LogP contribution in [0.2, 0.25) is 0 Å². The molecule has 14 heavy (non-hydrogen) atoms. The Kier molecular flexibility index (Phi) is 2.49. The number of rotatable bonds is 2. The van der Waals surface area contributed by atoms with E-state index in [9.17, 15) is 4.79 Å². The lowest BCUT2D eigenvalue weighted by atomic mass is 9.92. The largest absolute Gasteiger partial charge is 0.478 e. The minimum absolute atomic E-state index is 0.310. The van der Waals surface area contributed by atoms with Crippen molar-refractivity contribution in [1.29, 1.82) is 0 Å². The average Bonchev–Trinajstić information content (AvgIpc) is 2.67. The summed E-state index contributed by atoms with van der Waals surface area (Å²) in [6.45, 7) is 1.89. The van der Waals surface area contributed by atoms with Crippen LogP contribution in [0.4, 0.5) is 0 Å². The van der Waals surface area contributed by atoms with Gasteiger partial charge in [-0.05, 0) is 25.9 Å². The van der Waals surface area contributed by atoms with Crippen molar-refractivity contribution in [2.75, 3.05) is 13.1 Å². The van der Waals surface area contributed by atoms with E-state index >= 15 is 0 Å². The second kappa shape index (κ2) is 3.79. The fraction of sp³-hybridized carbons (Fsp3) is 0.556. The molecule has 0 aliphatic carbocycles. The molecule has 0 atom stereocenters. The molecular formula is C9H13N3O2. The monoisotopic (exact) mass is 195 g/mol. The van der Waals surface area contributed by atoms with E-state index in [1.165, 1.54) is 6.20 Å². The van der Waals surface area contributed by atoms with E-state index in [-0.39, 0.29) is 0 Å². The molecule has 0 radical (unpaired) electrons. The molecule has 2 heterocycles. The van der Waals surface area contributed by atoms with Crippen LogP contribution in [0.25, 0.3) is 0 Å². The Morgan fingerprint density at radius 1 is 1.50 bits per heavy atom. The summed E-state index contributed by atoms with van der Waals surface area (Å²) < 4.78 is 0. The number of hydrogen-bond acceptors (Lipinski definition) is 3. The van der Waals surface area contributed by atoms with Crippen LogP contribution in [0.3, 0.4) is 0 Å². The highest BCUT2D eigenvalue weighted by Crippen LogP contribution is 2.25. The molecule has 0 unspecified atom stereocenters. The Hall–Kier alpha value is -1.36. The third-order valence-electron chi connectivity index (χ3n) is 2.65. The van der Waals surface area contributed by atoms with Crippen LogP contribution in [-0.2, 0) is 0 Å². The molecule has 1 aromatic heterocycles. The number of nitrogens with one attached hydrogen (secondary N) is 2. The minimum atomic E-state index is -0.896. The van der Waals surface area contributed by atoms with Crippen LogP contribution in [-0.4, -0.2) is 34.4 Å². The van der Waals surface area contributed by atoms with Gasteiger partial charge in [0.15, 0.2) is 0 Å². The van der Waals surface area contributed by atoms with Gasteiger partial charge in [-0.3, -0.25) is 5.10 Å². The summed E-state index contributed by atoms with van der Waals surface area (Å²) in [6, 6.07) is 0. The quantitative estimate of drug-likeness (QED) is 0.645. The van der Waals surface area contributed by atoms with Gasteiger partial charge in [0.1, 0.15) is 5.56 Å². The van der Waals surface area contributed by atoms with Crippen LogP contribution in [0.5, 0.6) is 0 Å². The van der Waals surface area contributed by atoms with Gasteiger partial charge >= 0.3 is 5.97 Å². The summed E-state index contributed by atoms with van der Waals surface area (Å²) in [4.78, 5) is 10.8. The molecule has 0 amide bonds. The van der Waals surface area contributed by atoms with Crippen molar-refractivity contribution in [3.05, 3.63) is 17.5 Å². The molecule has 5 nitrogen and oxygen atoms in total. The Bertz CT molecular complexity index is 329. The van der Waals surface area contributed by atoms with Crippen LogP contribution < -0.4 is 5.32 Å². The number of carbonyl (C=O) groups is 1. The maximum absolute atomic E-state index is 10.8. The summed E-state index contributed by atoms with van der Waals surface area (Å²) >= 11 is 0. The zero-order chi connectivity index (χ0) is 9.97. The summed E-state index contributed by atoms with van der Waals surface area (Å²) in [6.07, 6.45) is 3.34. The fourth-order valence-corrected chi connectivity index (χ4v) is 1.89. The number of aromatic carboxylic acids is 1. The normalized spacial score (nSPS) is 18.3. The third-order valence-corrected chi connectivity index (χ3v) is 2.65. The molecular weight excluding hydrogens is 182 g/mol. The van der Waals surface area contributed by atoms with Gasteiger partial charge in [-0.15, -0.1) is 0 Å². The number of carboxylic acids is 1. The molecule has 0 aromatic carbocycles. The average molecular weight is 195 g/mol. The molecule has 1 saturated heterocycles. The van der Waals surface area contributed by atoms with Crippen molar-refractivity contribution in [2.24, 2.45) is 0 Å². The van der Waals surface area contributed by atoms with E-state index in [1.54, 1.807) is 0 Å². The zero-order valence-corrected chi connectivity index (χ0v) is 7.79. The summed E-state index contributed by atoms with van der Waals surface area (Å²) in [7, 11) is 0. The Morgan fingerprint density at radius 3 is 2.86 bits per heavy atom. The van der Waals surface area contributed by atoms with E-state index in [0.29, 0.717) is 11.5 Å². The standard InChI is InChI=1S/C9H13N3O2/c13-9(14)7-5-11-12-8(7)6-1-3-10-4-2-6/h5-6,10H,1-4H2,(H,11,12)(H,13,14). The fourth-order valence-electron chi connectivity index (χ4n) is 1.89. The summed E-state index contributed by atoms with van der Waals surface area (Å²) in [5.74, 6) is -0.586. The number of carboxylic acid groups (broad SMARTS) is 1. The Labute approximate surface area is 81.5 Å². The van der Waals surface area contributed by atoms with Gasteiger partial charge in [0.05, 0.1) is 11.9 Å². The Balaban J connectivity index is 2.21. The van der Waals surface area contributed by atoms with E-state index < -0.39 is 5.97 Å². The number of aromatic nitrogens is 2. The van der Waals surface area contributed by atoms with Gasteiger partial charge in [-0.1, -0.05) is 0 Å². The first-order valence-electron chi connectivity index (χ1n) is 4.76. The molecule has 0 spiro atoms. The predicted octanol–water partition coefficient (Wildman–Crippen LogP) is 0.575. The highest BCUT2D eigenvalue weighted by molar-refractivity contribution is 5.88. The second-order valence-corrected chi connectivity index (χ2v) is 3.53. The topological polar surface area (TPSA) is 78.0 Å². The molecule has 1 fully saturated rings. The summed E-state index contributed by atoms with van der Waals surface area (Å²) in [5, 5.41) is 18.7. The molecule has 0 bridgehead atoms. The van der Waals surface area contributed by atoms with Gasteiger partial charge in [0, 0.05) is 5.92 Å². The van der Waals surface area contributed by atoms with E-state index in [1.807, 2.05) is 0 Å².